The van der Waals surface area contributed by atoms with Crippen LogP contribution in [0, 0.1) is 0 Å². The molecule has 4 aromatic rings. The Balaban J connectivity index is 1.51. The average molecular weight is 566 g/mol. The summed E-state index contributed by atoms with van der Waals surface area (Å²) in [6.45, 7) is 2.53. The van der Waals surface area contributed by atoms with Crippen LogP contribution in [-0.4, -0.2) is 36.3 Å². The van der Waals surface area contributed by atoms with E-state index in [0.29, 0.717) is 25.1 Å². The molecule has 0 bridgehead atoms. The van der Waals surface area contributed by atoms with E-state index < -0.39 is 18.0 Å². The molecular weight excluding hydrogens is 526 g/mol. The molecule has 2 amide bonds. The Morgan fingerprint density at radius 3 is 2.26 bits per heavy atom. The van der Waals surface area contributed by atoms with E-state index in [-0.39, 0.29) is 24.7 Å². The smallest absolute Gasteiger partial charge is 0.251 e. The van der Waals surface area contributed by atoms with Crippen molar-refractivity contribution in [2.45, 2.75) is 57.8 Å². The minimum absolute atomic E-state index is 0.114. The van der Waals surface area contributed by atoms with Gasteiger partial charge in [0, 0.05) is 18.5 Å². The number of benzene rings is 4. The number of nitrogens with two attached hydrogens (primary N) is 1. The molecule has 0 spiro atoms. The van der Waals surface area contributed by atoms with E-state index in [0.717, 1.165) is 40.3 Å². The van der Waals surface area contributed by atoms with Crippen molar-refractivity contribution < 1.29 is 19.1 Å². The molecule has 42 heavy (non-hydrogen) atoms. The fraction of sp³-hybridized carbons (Fsp3) is 0.286. The number of nitrogens with one attached hydrogen (secondary N) is 2. The van der Waals surface area contributed by atoms with Crippen LogP contribution in [0.1, 0.15) is 53.2 Å². The van der Waals surface area contributed by atoms with Gasteiger partial charge in [0.15, 0.2) is 5.78 Å². The topological polar surface area (TPSA) is 111 Å². The number of carbonyl (C=O) groups is 3. The highest BCUT2D eigenvalue weighted by atomic mass is 16.5. The van der Waals surface area contributed by atoms with Gasteiger partial charge in [0.25, 0.3) is 5.91 Å². The summed E-state index contributed by atoms with van der Waals surface area (Å²) in [5.41, 5.74) is 8.87. The molecule has 0 heterocycles. The van der Waals surface area contributed by atoms with Crippen LogP contribution in [0.5, 0.6) is 0 Å². The van der Waals surface area contributed by atoms with Crippen LogP contribution in [0.3, 0.4) is 0 Å². The van der Waals surface area contributed by atoms with Crippen LogP contribution in [0.2, 0.25) is 0 Å². The zero-order chi connectivity index (χ0) is 29.7. The van der Waals surface area contributed by atoms with E-state index in [4.69, 9.17) is 10.5 Å². The van der Waals surface area contributed by atoms with E-state index in [1.54, 1.807) is 18.2 Å². The van der Waals surface area contributed by atoms with Gasteiger partial charge in [0.2, 0.25) is 5.91 Å². The first-order valence-electron chi connectivity index (χ1n) is 14.5. The zero-order valence-electron chi connectivity index (χ0n) is 24.1. The number of fused-ring (bicyclic) bond motifs is 1. The van der Waals surface area contributed by atoms with Crippen molar-refractivity contribution >= 4 is 28.4 Å². The molecule has 0 aliphatic carbocycles. The second-order valence-corrected chi connectivity index (χ2v) is 10.5. The van der Waals surface area contributed by atoms with Crippen LogP contribution < -0.4 is 16.4 Å². The van der Waals surface area contributed by atoms with Gasteiger partial charge in [0.05, 0.1) is 12.6 Å². The molecule has 0 aromatic heterocycles. The quantitative estimate of drug-likeness (QED) is 0.186. The van der Waals surface area contributed by atoms with Crippen molar-refractivity contribution in [2.75, 3.05) is 6.61 Å². The van der Waals surface area contributed by atoms with Crippen LogP contribution >= 0.6 is 0 Å². The predicted octanol–water partition coefficient (Wildman–Crippen LogP) is 5.10. The molecule has 4 aromatic carbocycles. The summed E-state index contributed by atoms with van der Waals surface area (Å²) in [4.78, 5) is 40.2. The summed E-state index contributed by atoms with van der Waals surface area (Å²) in [6, 6.07) is 29.0. The first-order valence-corrected chi connectivity index (χ1v) is 14.5. The zero-order valence-corrected chi connectivity index (χ0v) is 24.1. The Bertz CT molecular complexity index is 1490. The normalized spacial score (nSPS) is 12.4. The molecule has 0 saturated carbocycles. The summed E-state index contributed by atoms with van der Waals surface area (Å²) >= 11 is 0. The lowest BCUT2D eigenvalue weighted by molar-refractivity contribution is -0.131. The highest BCUT2D eigenvalue weighted by Crippen LogP contribution is 2.17. The summed E-state index contributed by atoms with van der Waals surface area (Å²) in [7, 11) is 0. The number of unbranched alkanes of at least 4 members (excludes halogenated alkanes) is 1. The number of ketones is 1. The van der Waals surface area contributed by atoms with Gasteiger partial charge >= 0.3 is 0 Å². The molecule has 0 saturated heterocycles. The fourth-order valence-electron chi connectivity index (χ4n) is 4.83. The Morgan fingerprint density at radius 1 is 0.762 bits per heavy atom. The van der Waals surface area contributed by atoms with E-state index in [1.807, 2.05) is 85.8 Å². The number of ether oxygens (including phenoxy) is 1. The molecule has 0 radical (unpaired) electrons. The molecular formula is C35H39N3O4. The third-order valence-electron chi connectivity index (χ3n) is 7.21. The maximum absolute atomic E-state index is 13.7. The standard InChI is InChI=1S/C35H39N3O4/c1-2-3-16-31(33(39)24-42-23-25-10-5-4-6-11-25)37-35(41)32(38-34(40)30-15-9-12-27(20-30)22-36)21-26-17-18-28-13-7-8-14-29(28)19-26/h4-15,17-20,31-32H,2-3,16,21-24,36H2,1H3,(H,37,41)(H,38,40)/t31-,32-/m0/s1. The molecule has 0 unspecified atom stereocenters. The van der Waals surface area contributed by atoms with Crippen molar-refractivity contribution in [3.05, 3.63) is 119 Å². The molecule has 7 nitrogen and oxygen atoms in total. The van der Waals surface area contributed by atoms with Crippen LogP contribution in [-0.2, 0) is 33.9 Å². The molecule has 4 N–H and O–H groups in total. The lowest BCUT2D eigenvalue weighted by Crippen LogP contribution is -2.53. The maximum atomic E-state index is 13.7. The van der Waals surface area contributed by atoms with Gasteiger partial charge in [-0.25, -0.2) is 0 Å². The monoisotopic (exact) mass is 565 g/mol. The van der Waals surface area contributed by atoms with Crippen molar-refractivity contribution in [2.24, 2.45) is 5.73 Å². The summed E-state index contributed by atoms with van der Waals surface area (Å²) < 4.78 is 5.68. The number of rotatable bonds is 15. The lowest BCUT2D eigenvalue weighted by Gasteiger charge is -2.23. The number of amides is 2. The second-order valence-electron chi connectivity index (χ2n) is 10.5. The van der Waals surface area contributed by atoms with E-state index >= 15 is 0 Å². The highest BCUT2D eigenvalue weighted by Gasteiger charge is 2.27. The Morgan fingerprint density at radius 2 is 1.50 bits per heavy atom. The van der Waals surface area contributed by atoms with Gasteiger partial charge in [-0.1, -0.05) is 105 Å². The van der Waals surface area contributed by atoms with Crippen LogP contribution in [0.25, 0.3) is 10.8 Å². The Kier molecular flexibility index (Phi) is 11.4. The van der Waals surface area contributed by atoms with Crippen LogP contribution in [0.4, 0.5) is 0 Å². The lowest BCUT2D eigenvalue weighted by atomic mass is 9.99. The van der Waals surface area contributed by atoms with E-state index in [9.17, 15) is 14.4 Å². The number of hydrogen-bond donors (Lipinski definition) is 3. The first kappa shape index (κ1) is 30.6. The third-order valence-corrected chi connectivity index (χ3v) is 7.21. The summed E-state index contributed by atoms with van der Waals surface area (Å²) in [5.74, 6) is -0.989. The minimum atomic E-state index is -0.901. The van der Waals surface area contributed by atoms with Crippen molar-refractivity contribution in [3.63, 3.8) is 0 Å². The fourth-order valence-corrected chi connectivity index (χ4v) is 4.83. The summed E-state index contributed by atoms with van der Waals surface area (Å²) in [6.07, 6.45) is 2.39. The maximum Gasteiger partial charge on any atom is 0.251 e. The van der Waals surface area contributed by atoms with Gasteiger partial charge in [0.1, 0.15) is 12.6 Å². The molecule has 0 fully saturated rings. The SMILES string of the molecule is CCCC[C@H](NC(=O)[C@H](Cc1ccc2ccccc2c1)NC(=O)c1cccc(CN)c1)C(=O)COCc1ccccc1. The highest BCUT2D eigenvalue weighted by molar-refractivity contribution is 5.99. The van der Waals surface area contributed by atoms with Crippen molar-refractivity contribution in [1.29, 1.82) is 0 Å². The van der Waals surface area contributed by atoms with Gasteiger partial charge in [-0.2, -0.15) is 0 Å². The minimum Gasteiger partial charge on any atom is -0.369 e. The second kappa shape index (κ2) is 15.6. The molecule has 4 rings (SSSR count). The van der Waals surface area contributed by atoms with Gasteiger partial charge < -0.3 is 21.1 Å². The number of Topliss-reactive ketones (excluding diaryl/α,β-unsaturated/α-hetero) is 1. The first-order chi connectivity index (χ1) is 20.5. The molecule has 7 heteroatoms. The third kappa shape index (κ3) is 8.83. The Labute approximate surface area is 247 Å². The number of carbonyl (C=O) groups excluding carboxylic acids is 3. The largest absolute Gasteiger partial charge is 0.369 e. The van der Waals surface area contributed by atoms with Crippen molar-refractivity contribution in [1.82, 2.24) is 10.6 Å². The predicted molar refractivity (Wildman–Crippen MR) is 166 cm³/mol. The van der Waals surface area contributed by atoms with Crippen molar-refractivity contribution in [3.8, 4) is 0 Å². The summed E-state index contributed by atoms with van der Waals surface area (Å²) in [5, 5.41) is 7.98. The molecule has 218 valence electrons. The Hall–Kier alpha value is -4.33. The van der Waals surface area contributed by atoms with E-state index in [2.05, 4.69) is 10.6 Å². The average Bonchev–Trinajstić information content (AvgIpc) is 3.03. The van der Waals surface area contributed by atoms with Crippen LogP contribution in [0.15, 0.2) is 97.1 Å². The molecule has 0 aliphatic rings. The number of hydrogen-bond acceptors (Lipinski definition) is 5. The molecule has 2 atom stereocenters. The van der Waals surface area contributed by atoms with Gasteiger partial charge in [-0.15, -0.1) is 0 Å². The van der Waals surface area contributed by atoms with Gasteiger partial charge in [-0.05, 0) is 46.0 Å². The molecule has 0 aliphatic heterocycles. The van der Waals surface area contributed by atoms with E-state index in [1.165, 1.54) is 0 Å². The van der Waals surface area contributed by atoms with Gasteiger partial charge in [-0.3, -0.25) is 14.4 Å².